The van der Waals surface area contributed by atoms with Gasteiger partial charge in [-0.25, -0.2) is 15.0 Å². The second kappa shape index (κ2) is 7.30. The van der Waals surface area contributed by atoms with Gasteiger partial charge in [-0.15, -0.1) is 0 Å². The van der Waals surface area contributed by atoms with Crippen molar-refractivity contribution in [3.8, 4) is 28.6 Å². The molecule has 0 aliphatic heterocycles. The Kier molecular flexibility index (Phi) is 4.83. The first-order valence-corrected chi connectivity index (χ1v) is 9.19. The van der Waals surface area contributed by atoms with Crippen molar-refractivity contribution in [3.05, 3.63) is 58.5 Å². The van der Waals surface area contributed by atoms with Crippen LogP contribution < -0.4 is 9.47 Å². The van der Waals surface area contributed by atoms with Crippen LogP contribution in [0.25, 0.3) is 28.2 Å². The number of aromatic nitrogens is 4. The van der Waals surface area contributed by atoms with E-state index in [9.17, 15) is 0 Å². The van der Waals surface area contributed by atoms with Gasteiger partial charge in [0.2, 0.25) is 0 Å². The average Bonchev–Trinajstić information content (AvgIpc) is 3.07. The number of imidazole rings is 1. The van der Waals surface area contributed by atoms with Crippen LogP contribution in [-0.4, -0.2) is 33.7 Å². The molecule has 2 aromatic carbocycles. The van der Waals surface area contributed by atoms with Crippen LogP contribution in [0.2, 0.25) is 10.2 Å². The number of fused-ring (bicyclic) bond motifs is 1. The summed E-state index contributed by atoms with van der Waals surface area (Å²) in [4.78, 5) is 13.5. The largest absolute Gasteiger partial charge is 0.497 e. The molecule has 0 bridgehead atoms. The number of aryl methyl sites for hydroxylation is 1. The fourth-order valence-corrected chi connectivity index (χ4v) is 3.59. The maximum absolute atomic E-state index is 6.64. The summed E-state index contributed by atoms with van der Waals surface area (Å²) in [6, 6.07) is 13.2. The molecule has 0 unspecified atom stereocenters. The van der Waals surface area contributed by atoms with Gasteiger partial charge in [-0.1, -0.05) is 53.5 Å². The second-order valence-electron chi connectivity index (χ2n) is 6.03. The summed E-state index contributed by atoms with van der Waals surface area (Å²) in [6.45, 7) is 1.78. The molecule has 0 atom stereocenters. The quantitative estimate of drug-likeness (QED) is 0.433. The third kappa shape index (κ3) is 3.04. The number of nitrogens with zero attached hydrogens (tertiary/aromatic N) is 4. The van der Waals surface area contributed by atoms with Crippen molar-refractivity contribution in [2.75, 3.05) is 14.2 Å². The Balaban J connectivity index is 2.15. The van der Waals surface area contributed by atoms with E-state index in [2.05, 4.69) is 9.97 Å². The molecule has 6 nitrogen and oxygen atoms in total. The first-order valence-electron chi connectivity index (χ1n) is 8.43. The third-order valence-corrected chi connectivity index (χ3v) is 4.84. The Morgan fingerprint density at radius 2 is 1.68 bits per heavy atom. The van der Waals surface area contributed by atoms with Gasteiger partial charge in [0, 0.05) is 17.7 Å². The van der Waals surface area contributed by atoms with Crippen LogP contribution in [0.4, 0.5) is 0 Å². The van der Waals surface area contributed by atoms with Crippen LogP contribution in [0.5, 0.6) is 11.5 Å². The SMILES string of the molecule is COc1cc(Cl)c(-n2c(-c3ccccc3)nc3c(Cl)nc(C)nc32)c(OC)c1. The van der Waals surface area contributed by atoms with E-state index in [1.807, 2.05) is 34.9 Å². The Morgan fingerprint density at radius 1 is 0.929 bits per heavy atom. The van der Waals surface area contributed by atoms with E-state index in [1.54, 1.807) is 33.3 Å². The van der Waals surface area contributed by atoms with Crippen molar-refractivity contribution in [2.24, 2.45) is 0 Å². The van der Waals surface area contributed by atoms with Crippen molar-refractivity contribution in [2.45, 2.75) is 6.92 Å². The zero-order valence-corrected chi connectivity index (χ0v) is 16.9. The molecule has 2 aromatic heterocycles. The van der Waals surface area contributed by atoms with E-state index in [0.29, 0.717) is 45.0 Å². The Labute approximate surface area is 171 Å². The predicted octanol–water partition coefficient (Wildman–Crippen LogP) is 5.11. The number of benzene rings is 2. The molecule has 0 saturated heterocycles. The van der Waals surface area contributed by atoms with Crippen LogP contribution in [0.15, 0.2) is 42.5 Å². The summed E-state index contributed by atoms with van der Waals surface area (Å²) in [7, 11) is 3.15. The lowest BCUT2D eigenvalue weighted by Gasteiger charge is -2.16. The lowest BCUT2D eigenvalue weighted by Crippen LogP contribution is -2.04. The summed E-state index contributed by atoms with van der Waals surface area (Å²) >= 11 is 13.0. The normalized spacial score (nSPS) is 11.0. The molecule has 0 spiro atoms. The average molecular weight is 415 g/mol. The second-order valence-corrected chi connectivity index (χ2v) is 6.80. The molecule has 28 heavy (non-hydrogen) atoms. The molecule has 142 valence electrons. The van der Waals surface area contributed by atoms with Crippen molar-refractivity contribution >= 4 is 34.4 Å². The molecule has 2 heterocycles. The topological polar surface area (TPSA) is 62.1 Å². The zero-order valence-electron chi connectivity index (χ0n) is 15.4. The minimum Gasteiger partial charge on any atom is -0.497 e. The lowest BCUT2D eigenvalue weighted by atomic mass is 10.2. The van der Waals surface area contributed by atoms with Gasteiger partial charge in [0.05, 0.1) is 19.2 Å². The molecule has 0 saturated carbocycles. The highest BCUT2D eigenvalue weighted by Gasteiger charge is 2.23. The molecular formula is C20H16Cl2N4O2. The number of ether oxygens (including phenoxy) is 2. The maximum atomic E-state index is 6.64. The van der Waals surface area contributed by atoms with Crippen molar-refractivity contribution in [1.82, 2.24) is 19.5 Å². The number of halogens is 2. The van der Waals surface area contributed by atoms with Gasteiger partial charge in [0.15, 0.2) is 10.8 Å². The Hall–Kier alpha value is -2.83. The predicted molar refractivity (Wildman–Crippen MR) is 110 cm³/mol. The lowest BCUT2D eigenvalue weighted by molar-refractivity contribution is 0.393. The molecule has 0 aliphatic rings. The number of methoxy groups -OCH3 is 2. The third-order valence-electron chi connectivity index (χ3n) is 4.29. The van der Waals surface area contributed by atoms with E-state index >= 15 is 0 Å². The van der Waals surface area contributed by atoms with Crippen molar-refractivity contribution in [3.63, 3.8) is 0 Å². The molecule has 0 fully saturated rings. The summed E-state index contributed by atoms with van der Waals surface area (Å²) in [6.07, 6.45) is 0. The van der Waals surface area contributed by atoms with Gasteiger partial charge in [-0.05, 0) is 6.92 Å². The zero-order chi connectivity index (χ0) is 19.8. The molecule has 4 aromatic rings. The van der Waals surface area contributed by atoms with Gasteiger partial charge in [0.1, 0.15) is 34.4 Å². The fourth-order valence-electron chi connectivity index (χ4n) is 3.06. The Bertz CT molecular complexity index is 1180. The molecule has 4 rings (SSSR count). The molecule has 0 aliphatic carbocycles. The van der Waals surface area contributed by atoms with E-state index in [0.717, 1.165) is 5.56 Å². The number of hydrogen-bond donors (Lipinski definition) is 0. The fraction of sp³-hybridized carbons (Fsp3) is 0.150. The first kappa shape index (κ1) is 18.5. The minimum absolute atomic E-state index is 0.280. The number of hydrogen-bond acceptors (Lipinski definition) is 5. The van der Waals surface area contributed by atoms with Crippen LogP contribution in [0, 0.1) is 6.92 Å². The van der Waals surface area contributed by atoms with E-state index < -0.39 is 0 Å². The van der Waals surface area contributed by atoms with Crippen LogP contribution >= 0.6 is 23.2 Å². The van der Waals surface area contributed by atoms with Crippen LogP contribution in [-0.2, 0) is 0 Å². The van der Waals surface area contributed by atoms with Crippen molar-refractivity contribution in [1.29, 1.82) is 0 Å². The first-order chi connectivity index (χ1) is 13.5. The van der Waals surface area contributed by atoms with Gasteiger partial charge >= 0.3 is 0 Å². The van der Waals surface area contributed by atoms with Gasteiger partial charge < -0.3 is 9.47 Å². The summed E-state index contributed by atoms with van der Waals surface area (Å²) < 4.78 is 12.8. The smallest absolute Gasteiger partial charge is 0.170 e. The minimum atomic E-state index is 0.280. The monoisotopic (exact) mass is 414 g/mol. The van der Waals surface area contributed by atoms with E-state index in [1.165, 1.54) is 0 Å². The molecule has 0 radical (unpaired) electrons. The number of rotatable bonds is 4. The summed E-state index contributed by atoms with van der Waals surface area (Å²) in [5.74, 6) is 2.26. The summed E-state index contributed by atoms with van der Waals surface area (Å²) in [5, 5.41) is 0.710. The van der Waals surface area contributed by atoms with Gasteiger partial charge in [-0.2, -0.15) is 0 Å². The van der Waals surface area contributed by atoms with Crippen LogP contribution in [0.1, 0.15) is 5.82 Å². The van der Waals surface area contributed by atoms with E-state index in [-0.39, 0.29) is 5.15 Å². The summed E-state index contributed by atoms with van der Waals surface area (Å²) in [5.41, 5.74) is 2.51. The van der Waals surface area contributed by atoms with Gasteiger partial charge in [-0.3, -0.25) is 4.57 Å². The molecule has 8 heteroatoms. The van der Waals surface area contributed by atoms with Crippen molar-refractivity contribution < 1.29 is 9.47 Å². The maximum Gasteiger partial charge on any atom is 0.170 e. The molecule has 0 N–H and O–H groups in total. The van der Waals surface area contributed by atoms with Crippen LogP contribution in [0.3, 0.4) is 0 Å². The molecule has 0 amide bonds. The highest BCUT2D eigenvalue weighted by Crippen LogP contribution is 2.40. The van der Waals surface area contributed by atoms with Gasteiger partial charge in [0.25, 0.3) is 0 Å². The van der Waals surface area contributed by atoms with E-state index in [4.69, 9.17) is 37.7 Å². The molecular weight excluding hydrogens is 399 g/mol. The highest BCUT2D eigenvalue weighted by atomic mass is 35.5. The highest BCUT2D eigenvalue weighted by molar-refractivity contribution is 6.34. The standard InChI is InChI=1S/C20H16Cl2N4O2/c1-11-23-18(22)16-20(24-11)26(19(25-16)12-7-5-4-6-8-12)17-14(21)9-13(27-2)10-15(17)28-3/h4-10H,1-3H3. The Morgan fingerprint density at radius 3 is 2.36 bits per heavy atom.